The molecule has 1 aromatic heterocycles. The number of nitrogens with two attached hydrogens (primary N) is 1. The third kappa shape index (κ3) is 4.47. The number of carbonyl (C=O) groups is 3. The van der Waals surface area contributed by atoms with Crippen LogP contribution in [0.1, 0.15) is 26.4 Å². The van der Waals surface area contributed by atoms with Crippen molar-refractivity contribution in [2.24, 2.45) is 5.73 Å². The highest BCUT2D eigenvalue weighted by atomic mass is 16.5. The fraction of sp³-hybridized carbons (Fsp3) is 0.150. The van der Waals surface area contributed by atoms with Crippen molar-refractivity contribution in [3.8, 4) is 5.75 Å². The lowest BCUT2D eigenvalue weighted by atomic mass is 10.1. The molecule has 0 saturated heterocycles. The quantitative estimate of drug-likeness (QED) is 0.493. The zero-order valence-corrected chi connectivity index (χ0v) is 15.2. The van der Waals surface area contributed by atoms with Crippen molar-refractivity contribution < 1.29 is 19.1 Å². The number of aromatic amines is 1. The number of nitrogens with one attached hydrogen (secondary N) is 3. The van der Waals surface area contributed by atoms with Gasteiger partial charge in [-0.2, -0.15) is 0 Å². The van der Waals surface area contributed by atoms with E-state index in [0.29, 0.717) is 23.6 Å². The molecule has 0 aliphatic rings. The van der Waals surface area contributed by atoms with Gasteiger partial charge in [0.25, 0.3) is 11.8 Å². The van der Waals surface area contributed by atoms with Gasteiger partial charge in [-0.25, -0.2) is 0 Å². The summed E-state index contributed by atoms with van der Waals surface area (Å²) in [6, 6.07) is 14.0. The Bertz CT molecular complexity index is 1020. The number of fused-ring (bicyclic) bond motifs is 1. The highest BCUT2D eigenvalue weighted by molar-refractivity contribution is 5.98. The molecule has 1 heterocycles. The summed E-state index contributed by atoms with van der Waals surface area (Å²) in [6.07, 6.45) is 0. The number of benzene rings is 2. The average Bonchev–Trinajstić information content (AvgIpc) is 3.13. The molecule has 2 aromatic carbocycles. The summed E-state index contributed by atoms with van der Waals surface area (Å²) in [7, 11) is 1.59. The Morgan fingerprint density at radius 3 is 2.43 bits per heavy atom. The number of methoxy groups -OCH3 is 1. The van der Waals surface area contributed by atoms with Gasteiger partial charge >= 0.3 is 0 Å². The van der Waals surface area contributed by atoms with Crippen molar-refractivity contribution in [2.75, 3.05) is 13.7 Å². The van der Waals surface area contributed by atoms with Gasteiger partial charge in [-0.05, 0) is 35.9 Å². The van der Waals surface area contributed by atoms with E-state index in [1.54, 1.807) is 37.4 Å². The van der Waals surface area contributed by atoms with E-state index in [1.165, 1.54) is 0 Å². The van der Waals surface area contributed by atoms with E-state index in [0.717, 1.165) is 16.5 Å². The Morgan fingerprint density at radius 2 is 1.75 bits per heavy atom. The summed E-state index contributed by atoms with van der Waals surface area (Å²) in [5, 5.41) is 6.16. The standard InChI is InChI=1S/C20H20N4O4/c1-28-15-7-6-14-8-17(24-16(14)9-15)20(27)22-10-12-2-4-13(5-3-12)19(26)23-11-18(21)25/h2-9,24H,10-11H2,1H3,(H2,21,25)(H,22,27)(H,23,26). The molecule has 144 valence electrons. The Balaban J connectivity index is 1.60. The lowest BCUT2D eigenvalue weighted by molar-refractivity contribution is -0.117. The molecule has 0 unspecified atom stereocenters. The minimum Gasteiger partial charge on any atom is -0.497 e. The van der Waals surface area contributed by atoms with Crippen LogP contribution >= 0.6 is 0 Å². The van der Waals surface area contributed by atoms with E-state index in [2.05, 4.69) is 15.6 Å². The van der Waals surface area contributed by atoms with Crippen LogP contribution in [0.25, 0.3) is 10.9 Å². The van der Waals surface area contributed by atoms with Crippen molar-refractivity contribution in [3.05, 3.63) is 65.4 Å². The van der Waals surface area contributed by atoms with Crippen LogP contribution in [0.15, 0.2) is 48.5 Å². The van der Waals surface area contributed by atoms with Crippen LogP contribution in [0.2, 0.25) is 0 Å². The first-order valence-electron chi connectivity index (χ1n) is 8.56. The van der Waals surface area contributed by atoms with Gasteiger partial charge < -0.3 is 26.1 Å². The molecule has 3 aromatic rings. The molecule has 0 spiro atoms. The first-order chi connectivity index (χ1) is 13.5. The molecule has 0 bridgehead atoms. The van der Waals surface area contributed by atoms with E-state index in [9.17, 15) is 14.4 Å². The molecule has 5 N–H and O–H groups in total. The zero-order valence-electron chi connectivity index (χ0n) is 15.2. The number of aromatic nitrogens is 1. The summed E-state index contributed by atoms with van der Waals surface area (Å²) in [5.74, 6) is -0.522. The maximum Gasteiger partial charge on any atom is 0.267 e. The number of ether oxygens (including phenoxy) is 1. The van der Waals surface area contributed by atoms with E-state index in [1.807, 2.05) is 18.2 Å². The number of H-pyrrole nitrogens is 1. The van der Waals surface area contributed by atoms with E-state index < -0.39 is 5.91 Å². The Labute approximate surface area is 161 Å². The predicted molar refractivity (Wildman–Crippen MR) is 104 cm³/mol. The second kappa shape index (κ2) is 8.26. The fourth-order valence-electron chi connectivity index (χ4n) is 2.68. The number of hydrogen-bond acceptors (Lipinski definition) is 4. The molecule has 0 saturated carbocycles. The number of hydrogen-bond donors (Lipinski definition) is 4. The van der Waals surface area contributed by atoms with Crippen molar-refractivity contribution in [2.45, 2.75) is 6.54 Å². The minimum absolute atomic E-state index is 0.215. The monoisotopic (exact) mass is 380 g/mol. The summed E-state index contributed by atoms with van der Waals surface area (Å²) in [5.41, 5.74) is 7.50. The third-order valence-corrected chi connectivity index (χ3v) is 4.17. The van der Waals surface area contributed by atoms with Gasteiger partial charge in [0, 0.05) is 29.1 Å². The average molecular weight is 380 g/mol. The molecule has 3 rings (SSSR count). The smallest absolute Gasteiger partial charge is 0.267 e. The maximum absolute atomic E-state index is 12.4. The molecule has 28 heavy (non-hydrogen) atoms. The van der Waals surface area contributed by atoms with Crippen molar-refractivity contribution in [1.82, 2.24) is 15.6 Å². The molecule has 0 atom stereocenters. The topological polar surface area (TPSA) is 126 Å². The molecule has 0 fully saturated rings. The molecule has 0 aliphatic heterocycles. The van der Waals surface area contributed by atoms with Crippen LogP contribution in [0.4, 0.5) is 0 Å². The summed E-state index contributed by atoms with van der Waals surface area (Å²) in [6.45, 7) is 0.0910. The minimum atomic E-state index is -0.608. The first-order valence-corrected chi connectivity index (χ1v) is 8.56. The maximum atomic E-state index is 12.4. The molecule has 0 aliphatic carbocycles. The zero-order chi connectivity index (χ0) is 20.1. The first kappa shape index (κ1) is 19.0. The van der Waals surface area contributed by atoms with Gasteiger partial charge in [0.2, 0.25) is 5.91 Å². The second-order valence-corrected chi connectivity index (χ2v) is 6.16. The summed E-state index contributed by atoms with van der Waals surface area (Å²) >= 11 is 0. The van der Waals surface area contributed by atoms with Gasteiger partial charge in [-0.15, -0.1) is 0 Å². The third-order valence-electron chi connectivity index (χ3n) is 4.17. The highest BCUT2D eigenvalue weighted by Crippen LogP contribution is 2.21. The lowest BCUT2D eigenvalue weighted by Crippen LogP contribution is -2.33. The number of amides is 3. The van der Waals surface area contributed by atoms with Crippen LogP contribution < -0.4 is 21.1 Å². The van der Waals surface area contributed by atoms with Crippen molar-refractivity contribution in [1.29, 1.82) is 0 Å². The normalized spacial score (nSPS) is 10.5. The molecular weight excluding hydrogens is 360 g/mol. The van der Waals surface area contributed by atoms with Gasteiger partial charge in [0.1, 0.15) is 11.4 Å². The Morgan fingerprint density at radius 1 is 1.00 bits per heavy atom. The highest BCUT2D eigenvalue weighted by Gasteiger charge is 2.11. The van der Waals surface area contributed by atoms with Crippen LogP contribution in [0, 0.1) is 0 Å². The number of rotatable bonds is 7. The lowest BCUT2D eigenvalue weighted by Gasteiger charge is -2.06. The second-order valence-electron chi connectivity index (χ2n) is 6.16. The molecule has 8 heteroatoms. The van der Waals surface area contributed by atoms with Crippen LogP contribution in [0.3, 0.4) is 0 Å². The van der Waals surface area contributed by atoms with Crippen molar-refractivity contribution >= 4 is 28.6 Å². The van der Waals surface area contributed by atoms with Gasteiger partial charge in [-0.3, -0.25) is 14.4 Å². The Hall–Kier alpha value is -3.81. The van der Waals surface area contributed by atoms with Crippen molar-refractivity contribution in [3.63, 3.8) is 0 Å². The molecule has 0 radical (unpaired) electrons. The summed E-state index contributed by atoms with van der Waals surface area (Å²) < 4.78 is 5.18. The van der Waals surface area contributed by atoms with Crippen LogP contribution in [-0.4, -0.2) is 36.4 Å². The van der Waals surface area contributed by atoms with Gasteiger partial charge in [0.05, 0.1) is 13.7 Å². The largest absolute Gasteiger partial charge is 0.497 e. The van der Waals surface area contributed by atoms with E-state index >= 15 is 0 Å². The van der Waals surface area contributed by atoms with Gasteiger partial charge in [0.15, 0.2) is 0 Å². The van der Waals surface area contributed by atoms with Crippen LogP contribution in [-0.2, 0) is 11.3 Å². The fourth-order valence-corrected chi connectivity index (χ4v) is 2.68. The SMILES string of the molecule is COc1ccc2cc(C(=O)NCc3ccc(C(=O)NCC(N)=O)cc3)[nH]c2c1. The summed E-state index contributed by atoms with van der Waals surface area (Å²) in [4.78, 5) is 38.0. The van der Waals surface area contributed by atoms with Crippen LogP contribution in [0.5, 0.6) is 5.75 Å². The molecule has 3 amide bonds. The predicted octanol–water partition coefficient (Wildman–Crippen LogP) is 1.32. The number of carbonyl (C=O) groups excluding carboxylic acids is 3. The number of primary amides is 1. The van der Waals surface area contributed by atoms with E-state index in [-0.39, 0.29) is 18.4 Å². The van der Waals surface area contributed by atoms with Gasteiger partial charge in [-0.1, -0.05) is 12.1 Å². The Kier molecular flexibility index (Phi) is 5.59. The molecule has 8 nitrogen and oxygen atoms in total. The van der Waals surface area contributed by atoms with E-state index in [4.69, 9.17) is 10.5 Å². The molecular formula is C20H20N4O4.